The van der Waals surface area contributed by atoms with Gasteiger partial charge in [0.15, 0.2) is 0 Å². The number of allylic oxidation sites excluding steroid dienone is 1. The maximum absolute atomic E-state index is 4.05. The molecule has 0 radical (unpaired) electrons. The van der Waals surface area contributed by atoms with E-state index in [0.29, 0.717) is 4.22 Å². The molecular formula is C16H29Cl2NSiTi. The quantitative estimate of drug-likeness (QED) is 0.736. The molecule has 1 N–H and O–H groups in total. The van der Waals surface area contributed by atoms with E-state index in [2.05, 4.69) is 79.9 Å². The average Bonchev–Trinajstić information content (AvgIpc) is 2.48. The van der Waals surface area contributed by atoms with Crippen molar-refractivity contribution < 1.29 is 14.3 Å². The van der Waals surface area contributed by atoms with Gasteiger partial charge in [0, 0.05) is 0 Å². The van der Waals surface area contributed by atoms with Gasteiger partial charge in [-0.05, 0) is 0 Å². The Kier molecular flexibility index (Phi) is 6.64. The van der Waals surface area contributed by atoms with Crippen molar-refractivity contribution in [1.82, 2.24) is 3.80 Å². The summed E-state index contributed by atoms with van der Waals surface area (Å²) in [6, 6.07) is 8.90. The van der Waals surface area contributed by atoms with Crippen LogP contribution in [0, 0.1) is 0 Å². The molecule has 1 aromatic rings. The van der Waals surface area contributed by atoms with Crippen LogP contribution in [-0.2, 0) is 14.3 Å². The second kappa shape index (κ2) is 6.51. The Morgan fingerprint density at radius 3 is 2.14 bits per heavy atom. The number of hydrogen-bond acceptors (Lipinski definition) is 1. The molecule has 1 aliphatic rings. The SMILES string of the molecule is CC1=Cc2ccccc2[CH]1[Ti]([CH3])([CH3])(=[SiH2])[NH]C(C)(C)C.Cl.Cl. The minimum atomic E-state index is -2.76. The summed E-state index contributed by atoms with van der Waals surface area (Å²) < 4.78 is 4.66. The van der Waals surface area contributed by atoms with Crippen LogP contribution in [0.15, 0.2) is 29.8 Å². The maximum atomic E-state index is 4.05. The fraction of sp³-hybridized carbons (Fsp3) is 0.500. The van der Waals surface area contributed by atoms with Crippen molar-refractivity contribution in [1.29, 1.82) is 0 Å². The Labute approximate surface area is 145 Å². The van der Waals surface area contributed by atoms with Crippen LogP contribution in [0.5, 0.6) is 0 Å². The molecule has 120 valence electrons. The van der Waals surface area contributed by atoms with Gasteiger partial charge in [0.05, 0.1) is 0 Å². The monoisotopic (exact) mass is 381 g/mol. The van der Waals surface area contributed by atoms with E-state index >= 15 is 0 Å². The third-order valence-corrected chi connectivity index (χ3v) is 12.8. The normalized spacial score (nSPS) is 18.2. The molecule has 0 amide bonds. The first-order valence-corrected chi connectivity index (χ1v) is 15.9. The number of nitrogens with one attached hydrogen (secondary N) is 1. The van der Waals surface area contributed by atoms with Crippen LogP contribution in [0.2, 0.25) is 10.5 Å². The van der Waals surface area contributed by atoms with E-state index in [1.807, 2.05) is 0 Å². The molecular weight excluding hydrogens is 353 g/mol. The second-order valence-electron chi connectivity index (χ2n) is 8.13. The standard InChI is InChI=1S/C10H9.C4H10N.2CH3.2ClH.H2Si.Ti/c1-8-6-9-4-2-3-5-10(9)7-8;1-4(2,3)5;;;;;;/h2-7H,1H3;5H,1-3H3;2*1H3;2*1H;1H2;/q;-1;;;;;;+1. The van der Waals surface area contributed by atoms with Gasteiger partial charge in [0.1, 0.15) is 0 Å². The molecule has 2 rings (SSSR count). The molecule has 1 atom stereocenters. The molecule has 0 fully saturated rings. The predicted octanol–water partition coefficient (Wildman–Crippen LogP) is 4.63. The third kappa shape index (κ3) is 4.70. The number of hydrogen-bond donors (Lipinski definition) is 1. The van der Waals surface area contributed by atoms with Crippen LogP contribution >= 0.6 is 24.8 Å². The predicted molar refractivity (Wildman–Crippen MR) is 100 cm³/mol. The van der Waals surface area contributed by atoms with Crippen molar-refractivity contribution >= 4 is 38.5 Å². The van der Waals surface area contributed by atoms with E-state index in [1.165, 1.54) is 16.7 Å². The van der Waals surface area contributed by atoms with Gasteiger partial charge in [-0.25, -0.2) is 0 Å². The van der Waals surface area contributed by atoms with E-state index in [4.69, 9.17) is 0 Å². The summed E-state index contributed by atoms with van der Waals surface area (Å²) in [5.74, 6) is 0. The molecule has 0 saturated heterocycles. The molecule has 1 aliphatic carbocycles. The first-order chi connectivity index (χ1) is 8.48. The van der Waals surface area contributed by atoms with Gasteiger partial charge >= 0.3 is 121 Å². The van der Waals surface area contributed by atoms with E-state index in [-0.39, 0.29) is 30.4 Å². The molecule has 0 spiro atoms. The summed E-state index contributed by atoms with van der Waals surface area (Å²) in [6.45, 7) is 9.17. The van der Waals surface area contributed by atoms with Crippen molar-refractivity contribution in [3.05, 3.63) is 41.0 Å². The van der Waals surface area contributed by atoms with Crippen molar-refractivity contribution in [2.45, 2.75) is 47.9 Å². The Bertz CT molecular complexity index is 611. The fourth-order valence-corrected chi connectivity index (χ4v) is 16.9. The number of rotatable bonds is 2. The molecule has 0 aliphatic heterocycles. The van der Waals surface area contributed by atoms with Gasteiger partial charge in [-0.1, -0.05) is 0 Å². The Hall–Kier alpha value is 0.431. The van der Waals surface area contributed by atoms with Crippen LogP contribution < -0.4 is 3.80 Å². The van der Waals surface area contributed by atoms with E-state index in [0.717, 1.165) is 0 Å². The van der Waals surface area contributed by atoms with Gasteiger partial charge in [0.2, 0.25) is 0 Å². The van der Waals surface area contributed by atoms with Crippen molar-refractivity contribution in [2.75, 3.05) is 0 Å². The molecule has 1 nitrogen and oxygen atoms in total. The Morgan fingerprint density at radius 1 is 1.10 bits per heavy atom. The summed E-state index contributed by atoms with van der Waals surface area (Å²) in [5, 5.41) is 5.07. The first-order valence-electron chi connectivity index (χ1n) is 7.12. The van der Waals surface area contributed by atoms with E-state index < -0.39 is 14.3 Å². The number of fused-ring (bicyclic) bond motifs is 1. The molecule has 21 heavy (non-hydrogen) atoms. The molecule has 0 aromatic heterocycles. The van der Waals surface area contributed by atoms with Crippen LogP contribution in [0.1, 0.15) is 43.0 Å². The molecule has 1 unspecified atom stereocenters. The van der Waals surface area contributed by atoms with Crippen LogP contribution in [0.3, 0.4) is 0 Å². The largest absolute Gasteiger partial charge is 0.147 e. The Balaban J connectivity index is 0.00000200. The zero-order chi connectivity index (χ0) is 14.5. The fourth-order valence-electron chi connectivity index (χ4n) is 4.01. The van der Waals surface area contributed by atoms with E-state index in [1.54, 1.807) is 0 Å². The molecule has 5 heteroatoms. The van der Waals surface area contributed by atoms with Crippen molar-refractivity contribution in [3.8, 4) is 0 Å². The third-order valence-electron chi connectivity index (χ3n) is 3.86. The topological polar surface area (TPSA) is 12.0 Å². The molecule has 0 saturated carbocycles. The van der Waals surface area contributed by atoms with Crippen molar-refractivity contribution in [3.63, 3.8) is 0 Å². The summed E-state index contributed by atoms with van der Waals surface area (Å²) in [6.07, 6.45) is 2.38. The molecule has 0 bridgehead atoms. The van der Waals surface area contributed by atoms with Gasteiger partial charge < -0.3 is 0 Å². The smallest absolute Gasteiger partial charge is 0.147 e. The zero-order valence-corrected chi connectivity index (χ0v) is 18.6. The van der Waals surface area contributed by atoms with Gasteiger partial charge in [0.25, 0.3) is 0 Å². The minimum absolute atomic E-state index is 0. The summed E-state index contributed by atoms with van der Waals surface area (Å²) in [5.41, 5.74) is 4.68. The van der Waals surface area contributed by atoms with Crippen LogP contribution in [0.25, 0.3) is 6.08 Å². The summed E-state index contributed by atoms with van der Waals surface area (Å²) >= 11 is -2.76. The van der Waals surface area contributed by atoms with Crippen LogP contribution in [0.4, 0.5) is 0 Å². The maximum Gasteiger partial charge on any atom is -0.147 e. The molecule has 0 heterocycles. The van der Waals surface area contributed by atoms with Gasteiger partial charge in [-0.2, -0.15) is 0 Å². The number of benzene rings is 1. The van der Waals surface area contributed by atoms with Crippen LogP contribution in [-0.4, -0.2) is 13.2 Å². The molecule has 1 aromatic carbocycles. The van der Waals surface area contributed by atoms with E-state index in [9.17, 15) is 0 Å². The minimum Gasteiger partial charge on any atom is -0.147 e. The Morgan fingerprint density at radius 2 is 1.62 bits per heavy atom. The first kappa shape index (κ1) is 21.4. The number of halogens is 2. The second-order valence-corrected chi connectivity index (χ2v) is 27.2. The summed E-state index contributed by atoms with van der Waals surface area (Å²) in [4.78, 5) is 0. The summed E-state index contributed by atoms with van der Waals surface area (Å²) in [7, 11) is 2.27. The van der Waals surface area contributed by atoms with Gasteiger partial charge in [-0.3, -0.25) is 0 Å². The average molecular weight is 382 g/mol. The van der Waals surface area contributed by atoms with Crippen molar-refractivity contribution in [2.24, 2.45) is 0 Å². The zero-order valence-electron chi connectivity index (χ0n) is 14.0. The van der Waals surface area contributed by atoms with Gasteiger partial charge in [-0.15, -0.1) is 24.8 Å².